The molecule has 1 aliphatic heterocycles. The molecule has 2 rings (SSSR count). The molecule has 0 bridgehead atoms. The smallest absolute Gasteiger partial charge is 0.344 e. The molecule has 1 aromatic heterocycles. The Labute approximate surface area is 119 Å². The number of carbonyl (C=O) groups excluding carboxylic acids is 1. The van der Waals surface area contributed by atoms with Crippen molar-refractivity contribution in [3.8, 4) is 0 Å². The van der Waals surface area contributed by atoms with Gasteiger partial charge in [-0.05, 0) is 19.3 Å². The molecular weight excluding hydrogens is 284 g/mol. The number of H-pyrrole nitrogens is 1. The Morgan fingerprint density at radius 3 is 2.65 bits per heavy atom. The van der Waals surface area contributed by atoms with Gasteiger partial charge in [0.25, 0.3) is 0 Å². The first-order valence-electron chi connectivity index (χ1n) is 6.35. The molecule has 110 valence electrons. The molecule has 0 radical (unpaired) electrons. The minimum absolute atomic E-state index is 0.0999. The Morgan fingerprint density at radius 1 is 1.30 bits per heavy atom. The number of nitrogens with one attached hydrogen (secondary N) is 1. The summed E-state index contributed by atoms with van der Waals surface area (Å²) in [6, 6.07) is 0. The predicted octanol–water partition coefficient (Wildman–Crippen LogP) is -0.239. The average molecular weight is 300 g/mol. The van der Waals surface area contributed by atoms with Gasteiger partial charge in [-0.2, -0.15) is 0 Å². The SMILES string of the molecule is O=C(O)CSc1n[nH]c(=O)n1CC(=O)N1CCCCC1. The normalized spacial score (nSPS) is 15.3. The number of thioether (sulfide) groups is 1. The van der Waals surface area contributed by atoms with Crippen LogP contribution in [0.1, 0.15) is 19.3 Å². The number of amides is 1. The predicted molar refractivity (Wildman–Crippen MR) is 71.6 cm³/mol. The summed E-state index contributed by atoms with van der Waals surface area (Å²) >= 11 is 0.915. The van der Waals surface area contributed by atoms with E-state index in [1.807, 2.05) is 0 Å². The fraction of sp³-hybridized carbons (Fsp3) is 0.636. The summed E-state index contributed by atoms with van der Waals surface area (Å²) in [6.07, 6.45) is 3.08. The van der Waals surface area contributed by atoms with Crippen LogP contribution in [0.3, 0.4) is 0 Å². The molecule has 1 amide bonds. The Kier molecular flexibility index (Phi) is 4.83. The standard InChI is InChI=1S/C11H16N4O4S/c16-8(14-4-2-1-3-5-14)6-15-10(19)12-13-11(15)20-7-9(17)18/h1-7H2,(H,12,19)(H,17,18). The van der Waals surface area contributed by atoms with Crippen LogP contribution in [0.4, 0.5) is 0 Å². The van der Waals surface area contributed by atoms with Crippen molar-refractivity contribution in [2.24, 2.45) is 0 Å². The molecule has 0 aliphatic carbocycles. The van der Waals surface area contributed by atoms with Crippen LogP contribution in [-0.4, -0.2) is 55.5 Å². The quantitative estimate of drug-likeness (QED) is 0.727. The van der Waals surface area contributed by atoms with E-state index in [0.29, 0.717) is 13.1 Å². The Hall–Kier alpha value is -1.77. The fourth-order valence-corrected chi connectivity index (χ4v) is 2.72. The highest BCUT2D eigenvalue weighted by molar-refractivity contribution is 7.99. The minimum Gasteiger partial charge on any atom is -0.481 e. The highest BCUT2D eigenvalue weighted by Gasteiger charge is 2.20. The Balaban J connectivity index is 2.04. The molecule has 1 aromatic rings. The lowest BCUT2D eigenvalue weighted by atomic mass is 10.1. The average Bonchev–Trinajstić information content (AvgIpc) is 2.78. The molecule has 1 saturated heterocycles. The number of hydrogen-bond donors (Lipinski definition) is 2. The number of aliphatic carboxylic acids is 1. The van der Waals surface area contributed by atoms with E-state index >= 15 is 0 Å². The molecule has 0 atom stereocenters. The van der Waals surface area contributed by atoms with Gasteiger partial charge >= 0.3 is 11.7 Å². The highest BCUT2D eigenvalue weighted by atomic mass is 32.2. The van der Waals surface area contributed by atoms with Crippen molar-refractivity contribution in [1.29, 1.82) is 0 Å². The molecule has 2 N–H and O–H groups in total. The number of nitrogens with zero attached hydrogens (tertiary/aromatic N) is 3. The fourth-order valence-electron chi connectivity index (χ4n) is 2.06. The Bertz CT molecular complexity index is 547. The summed E-state index contributed by atoms with van der Waals surface area (Å²) in [5, 5.41) is 14.8. The molecule has 20 heavy (non-hydrogen) atoms. The maximum Gasteiger partial charge on any atom is 0.344 e. The van der Waals surface area contributed by atoms with E-state index < -0.39 is 11.7 Å². The first-order chi connectivity index (χ1) is 9.58. The van der Waals surface area contributed by atoms with Crippen LogP contribution in [0.2, 0.25) is 0 Å². The summed E-state index contributed by atoms with van der Waals surface area (Å²) in [6.45, 7) is 1.32. The molecule has 8 nitrogen and oxygen atoms in total. The zero-order valence-corrected chi connectivity index (χ0v) is 11.7. The van der Waals surface area contributed by atoms with Gasteiger partial charge in [-0.1, -0.05) is 11.8 Å². The van der Waals surface area contributed by atoms with E-state index in [1.54, 1.807) is 4.90 Å². The van der Waals surface area contributed by atoms with Crippen LogP contribution in [0.25, 0.3) is 0 Å². The lowest BCUT2D eigenvalue weighted by Crippen LogP contribution is -2.39. The Morgan fingerprint density at radius 2 is 2.00 bits per heavy atom. The largest absolute Gasteiger partial charge is 0.481 e. The van der Waals surface area contributed by atoms with Crippen molar-refractivity contribution in [2.45, 2.75) is 31.0 Å². The van der Waals surface area contributed by atoms with Gasteiger partial charge in [-0.25, -0.2) is 9.89 Å². The highest BCUT2D eigenvalue weighted by Crippen LogP contribution is 2.14. The number of carboxylic acids is 1. The summed E-state index contributed by atoms with van der Waals surface area (Å²) in [7, 11) is 0. The number of piperidine rings is 1. The molecule has 1 aliphatic rings. The lowest BCUT2D eigenvalue weighted by Gasteiger charge is -2.26. The number of rotatable bonds is 5. The van der Waals surface area contributed by atoms with Gasteiger partial charge in [0.2, 0.25) is 5.91 Å². The van der Waals surface area contributed by atoms with Gasteiger partial charge < -0.3 is 10.0 Å². The maximum atomic E-state index is 12.1. The van der Waals surface area contributed by atoms with E-state index in [-0.39, 0.29) is 23.4 Å². The second-order valence-corrected chi connectivity index (χ2v) is 5.46. The minimum atomic E-state index is -1.00. The number of aromatic amines is 1. The number of aromatic nitrogens is 3. The number of carboxylic acid groups (broad SMARTS) is 1. The van der Waals surface area contributed by atoms with Crippen LogP contribution in [0.5, 0.6) is 0 Å². The molecule has 0 spiro atoms. The van der Waals surface area contributed by atoms with E-state index in [2.05, 4.69) is 10.2 Å². The van der Waals surface area contributed by atoms with E-state index in [9.17, 15) is 14.4 Å². The van der Waals surface area contributed by atoms with Crippen molar-refractivity contribution >= 4 is 23.6 Å². The second-order valence-electron chi connectivity index (χ2n) is 4.52. The number of hydrogen-bond acceptors (Lipinski definition) is 5. The second kappa shape index (κ2) is 6.60. The van der Waals surface area contributed by atoms with Crippen LogP contribution in [-0.2, 0) is 16.1 Å². The zero-order valence-electron chi connectivity index (χ0n) is 10.9. The van der Waals surface area contributed by atoms with Crippen molar-refractivity contribution in [3.05, 3.63) is 10.5 Å². The van der Waals surface area contributed by atoms with E-state index in [1.165, 1.54) is 4.57 Å². The number of carbonyl (C=O) groups is 2. The van der Waals surface area contributed by atoms with Gasteiger partial charge in [0.15, 0.2) is 5.16 Å². The summed E-state index contributed by atoms with van der Waals surface area (Å²) in [5.41, 5.74) is -0.497. The summed E-state index contributed by atoms with van der Waals surface area (Å²) < 4.78 is 1.19. The van der Waals surface area contributed by atoms with Crippen LogP contribution >= 0.6 is 11.8 Å². The summed E-state index contributed by atoms with van der Waals surface area (Å²) in [5.74, 6) is -1.34. The maximum absolute atomic E-state index is 12.1. The lowest BCUT2D eigenvalue weighted by molar-refractivity contribution is -0.134. The third-order valence-corrected chi connectivity index (χ3v) is 4.01. The molecule has 0 aromatic carbocycles. The topological polar surface area (TPSA) is 108 Å². The third-order valence-electron chi connectivity index (χ3n) is 3.05. The zero-order chi connectivity index (χ0) is 14.5. The van der Waals surface area contributed by atoms with Gasteiger partial charge in [0.05, 0.1) is 5.75 Å². The van der Waals surface area contributed by atoms with Gasteiger partial charge in [0.1, 0.15) is 6.54 Å². The van der Waals surface area contributed by atoms with Gasteiger partial charge in [-0.3, -0.25) is 14.2 Å². The van der Waals surface area contributed by atoms with Crippen molar-refractivity contribution in [3.63, 3.8) is 0 Å². The molecule has 0 unspecified atom stereocenters. The van der Waals surface area contributed by atoms with Crippen molar-refractivity contribution < 1.29 is 14.7 Å². The van der Waals surface area contributed by atoms with Crippen LogP contribution in [0, 0.1) is 0 Å². The molecular formula is C11H16N4O4S. The molecule has 2 heterocycles. The van der Waals surface area contributed by atoms with Crippen molar-refractivity contribution in [2.75, 3.05) is 18.8 Å². The van der Waals surface area contributed by atoms with Crippen LogP contribution < -0.4 is 5.69 Å². The van der Waals surface area contributed by atoms with Crippen molar-refractivity contribution in [1.82, 2.24) is 19.7 Å². The van der Waals surface area contributed by atoms with Gasteiger partial charge in [-0.15, -0.1) is 5.10 Å². The van der Waals surface area contributed by atoms with E-state index in [0.717, 1.165) is 31.0 Å². The first kappa shape index (κ1) is 14.6. The third kappa shape index (κ3) is 3.62. The molecule has 9 heteroatoms. The number of likely N-dealkylation sites (tertiary alicyclic amines) is 1. The first-order valence-corrected chi connectivity index (χ1v) is 7.34. The van der Waals surface area contributed by atoms with E-state index in [4.69, 9.17) is 5.11 Å². The summed E-state index contributed by atoms with van der Waals surface area (Å²) in [4.78, 5) is 36.0. The van der Waals surface area contributed by atoms with Gasteiger partial charge in [0, 0.05) is 13.1 Å². The van der Waals surface area contributed by atoms with Crippen LogP contribution in [0.15, 0.2) is 9.95 Å². The molecule has 1 fully saturated rings. The monoisotopic (exact) mass is 300 g/mol. The molecule has 0 saturated carbocycles.